The zero-order chi connectivity index (χ0) is 22.1. The summed E-state index contributed by atoms with van der Waals surface area (Å²) in [7, 11) is 0. The van der Waals surface area contributed by atoms with Gasteiger partial charge in [-0.1, -0.05) is 59.6 Å². The molecule has 1 N–H and O–H groups in total. The number of amides is 2. The molecule has 0 fully saturated rings. The zero-order valence-electron chi connectivity index (χ0n) is 16.5. The molecule has 1 heterocycles. The second-order valence-electron chi connectivity index (χ2n) is 7.31. The molecular formula is C23H18ClN3O4. The maximum absolute atomic E-state index is 13.6. The fourth-order valence-corrected chi connectivity index (χ4v) is 3.95. The lowest BCUT2D eigenvalue weighted by molar-refractivity contribution is -0.384. The molecule has 0 saturated carbocycles. The molecule has 2 amide bonds. The van der Waals surface area contributed by atoms with Gasteiger partial charge in [0.25, 0.3) is 11.6 Å². The Kier molecular flexibility index (Phi) is 5.44. The Labute approximate surface area is 183 Å². The van der Waals surface area contributed by atoms with Crippen LogP contribution in [0.2, 0.25) is 5.02 Å². The summed E-state index contributed by atoms with van der Waals surface area (Å²) in [5.74, 6) is -0.925. The highest BCUT2D eigenvalue weighted by molar-refractivity contribution is 6.34. The molecule has 1 aliphatic heterocycles. The first-order chi connectivity index (χ1) is 14.8. The second-order valence-corrected chi connectivity index (χ2v) is 7.71. The van der Waals surface area contributed by atoms with Gasteiger partial charge in [-0.2, -0.15) is 0 Å². The number of carbonyl (C=O) groups excluding carboxylic acids is 2. The third-order valence-electron chi connectivity index (χ3n) is 5.17. The van der Waals surface area contributed by atoms with Crippen molar-refractivity contribution in [3.63, 3.8) is 0 Å². The lowest BCUT2D eigenvalue weighted by Crippen LogP contribution is -2.39. The van der Waals surface area contributed by atoms with Gasteiger partial charge in [-0.05, 0) is 24.6 Å². The average Bonchev–Trinajstić information content (AvgIpc) is 2.89. The van der Waals surface area contributed by atoms with E-state index in [2.05, 4.69) is 5.32 Å². The van der Waals surface area contributed by atoms with Crippen LogP contribution in [0.3, 0.4) is 0 Å². The normalized spacial score (nSPS) is 15.6. The van der Waals surface area contributed by atoms with E-state index in [1.54, 1.807) is 0 Å². The monoisotopic (exact) mass is 435 g/mol. The number of benzene rings is 3. The van der Waals surface area contributed by atoms with Crippen LogP contribution >= 0.6 is 11.6 Å². The molecule has 8 heteroatoms. The number of nitro groups is 1. The van der Waals surface area contributed by atoms with Crippen LogP contribution in [-0.4, -0.2) is 28.2 Å². The summed E-state index contributed by atoms with van der Waals surface area (Å²) in [6, 6.07) is 18.1. The van der Waals surface area contributed by atoms with Crippen molar-refractivity contribution in [1.29, 1.82) is 0 Å². The molecule has 31 heavy (non-hydrogen) atoms. The van der Waals surface area contributed by atoms with Crippen LogP contribution < -0.4 is 5.32 Å². The molecule has 0 aromatic heterocycles. The average molecular weight is 436 g/mol. The number of halogens is 1. The van der Waals surface area contributed by atoms with Crippen LogP contribution in [-0.2, 0) is 4.79 Å². The van der Waals surface area contributed by atoms with E-state index in [0.717, 1.165) is 22.8 Å². The van der Waals surface area contributed by atoms with Gasteiger partial charge in [0.05, 0.1) is 21.6 Å². The molecule has 1 atom stereocenters. The van der Waals surface area contributed by atoms with Gasteiger partial charge in [-0.3, -0.25) is 19.7 Å². The van der Waals surface area contributed by atoms with E-state index in [-0.39, 0.29) is 28.7 Å². The lowest BCUT2D eigenvalue weighted by Gasteiger charge is -2.31. The van der Waals surface area contributed by atoms with Crippen LogP contribution in [0.4, 0.5) is 11.4 Å². The Balaban J connectivity index is 1.90. The molecule has 3 aromatic rings. The van der Waals surface area contributed by atoms with Gasteiger partial charge in [-0.15, -0.1) is 0 Å². The van der Waals surface area contributed by atoms with E-state index < -0.39 is 16.9 Å². The van der Waals surface area contributed by atoms with Crippen LogP contribution in [0, 0.1) is 17.0 Å². The fourth-order valence-electron chi connectivity index (χ4n) is 3.76. The predicted octanol–water partition coefficient (Wildman–Crippen LogP) is 4.74. The number of non-ortho nitro benzene ring substituents is 1. The number of hydrogen-bond donors (Lipinski definition) is 1. The number of aryl methyl sites for hydroxylation is 1. The highest BCUT2D eigenvalue weighted by atomic mass is 35.5. The smallest absolute Gasteiger partial charge is 0.270 e. The molecule has 0 spiro atoms. The fraction of sp³-hybridized carbons (Fsp3) is 0.130. The molecule has 7 nitrogen and oxygen atoms in total. The van der Waals surface area contributed by atoms with E-state index in [1.807, 2.05) is 55.5 Å². The Bertz CT molecular complexity index is 1200. The quantitative estimate of drug-likeness (QED) is 0.475. The van der Waals surface area contributed by atoms with Gasteiger partial charge < -0.3 is 10.2 Å². The minimum absolute atomic E-state index is 0.0271. The van der Waals surface area contributed by atoms with Crippen molar-refractivity contribution in [3.05, 3.63) is 104 Å². The van der Waals surface area contributed by atoms with Crippen LogP contribution in [0.5, 0.6) is 0 Å². The number of carbonyl (C=O) groups is 2. The number of anilines is 1. The minimum atomic E-state index is -0.588. The first-order valence-corrected chi connectivity index (χ1v) is 9.93. The summed E-state index contributed by atoms with van der Waals surface area (Å²) >= 11 is 6.24. The molecule has 4 rings (SSSR count). The third-order valence-corrected chi connectivity index (χ3v) is 5.50. The van der Waals surface area contributed by atoms with Crippen molar-refractivity contribution in [2.24, 2.45) is 0 Å². The number of rotatable bonds is 3. The van der Waals surface area contributed by atoms with E-state index in [9.17, 15) is 19.7 Å². The molecule has 1 unspecified atom stereocenters. The number of nitrogens with zero attached hydrogens (tertiary/aromatic N) is 2. The van der Waals surface area contributed by atoms with Gasteiger partial charge in [-0.25, -0.2) is 0 Å². The first kappa shape index (κ1) is 20.6. The molecule has 0 aliphatic carbocycles. The van der Waals surface area contributed by atoms with E-state index >= 15 is 0 Å². The SMILES string of the molecule is Cc1ccc2c(c1)C(c1ccccc1)N(C(=O)c1cc([N+](=O)[O-])ccc1Cl)CC(=O)N2. The lowest BCUT2D eigenvalue weighted by atomic mass is 9.94. The van der Waals surface area contributed by atoms with E-state index in [1.165, 1.54) is 17.0 Å². The van der Waals surface area contributed by atoms with Crippen LogP contribution in [0.15, 0.2) is 66.7 Å². The molecule has 3 aromatic carbocycles. The topological polar surface area (TPSA) is 92.6 Å². The van der Waals surface area contributed by atoms with Gasteiger partial charge in [0, 0.05) is 23.4 Å². The number of fused-ring (bicyclic) bond motifs is 1. The summed E-state index contributed by atoms with van der Waals surface area (Å²) in [6.07, 6.45) is 0. The largest absolute Gasteiger partial charge is 0.324 e. The van der Waals surface area contributed by atoms with E-state index in [4.69, 9.17) is 11.6 Å². The van der Waals surface area contributed by atoms with Gasteiger partial charge >= 0.3 is 0 Å². The standard InChI is InChI=1S/C23H18ClN3O4/c1-14-7-10-20-18(11-14)22(15-5-3-2-4-6-15)26(13-21(28)25-20)23(29)17-12-16(27(30)31)8-9-19(17)24/h2-12,22H,13H2,1H3,(H,25,28). The molecule has 0 saturated heterocycles. The number of hydrogen-bond acceptors (Lipinski definition) is 4. The van der Waals surface area contributed by atoms with Crippen molar-refractivity contribution < 1.29 is 14.5 Å². The Hall–Kier alpha value is -3.71. The van der Waals surface area contributed by atoms with Gasteiger partial charge in [0.15, 0.2) is 0 Å². The Morgan fingerprint density at radius 2 is 1.87 bits per heavy atom. The number of nitro benzene ring substituents is 1. The maximum Gasteiger partial charge on any atom is 0.270 e. The van der Waals surface area contributed by atoms with Gasteiger partial charge in [0.1, 0.15) is 6.54 Å². The van der Waals surface area contributed by atoms with Crippen molar-refractivity contribution in [3.8, 4) is 0 Å². The van der Waals surface area contributed by atoms with Gasteiger partial charge in [0.2, 0.25) is 5.91 Å². The zero-order valence-corrected chi connectivity index (χ0v) is 17.3. The molecule has 0 radical (unpaired) electrons. The summed E-state index contributed by atoms with van der Waals surface area (Å²) < 4.78 is 0. The molecule has 1 aliphatic rings. The minimum Gasteiger partial charge on any atom is -0.324 e. The summed E-state index contributed by atoms with van der Waals surface area (Å²) in [5, 5.41) is 14.2. The van der Waals surface area contributed by atoms with Crippen LogP contribution in [0.25, 0.3) is 0 Å². The van der Waals surface area contributed by atoms with Crippen LogP contribution in [0.1, 0.15) is 33.1 Å². The predicted molar refractivity (Wildman–Crippen MR) is 117 cm³/mol. The maximum atomic E-state index is 13.6. The Morgan fingerprint density at radius 1 is 1.13 bits per heavy atom. The molecule has 0 bridgehead atoms. The van der Waals surface area contributed by atoms with Crippen molar-refractivity contribution in [2.75, 3.05) is 11.9 Å². The number of nitrogens with one attached hydrogen (secondary N) is 1. The van der Waals surface area contributed by atoms with Crippen molar-refractivity contribution in [2.45, 2.75) is 13.0 Å². The Morgan fingerprint density at radius 3 is 2.58 bits per heavy atom. The van der Waals surface area contributed by atoms with Crippen molar-refractivity contribution in [1.82, 2.24) is 4.90 Å². The highest BCUT2D eigenvalue weighted by Gasteiger charge is 2.35. The summed E-state index contributed by atoms with van der Waals surface area (Å²) in [4.78, 5) is 38.3. The first-order valence-electron chi connectivity index (χ1n) is 9.55. The third kappa shape index (κ3) is 4.00. The molecule has 156 valence electrons. The second kappa shape index (κ2) is 8.20. The summed E-state index contributed by atoms with van der Waals surface area (Å²) in [5.41, 5.74) is 2.87. The summed E-state index contributed by atoms with van der Waals surface area (Å²) in [6.45, 7) is 1.70. The highest BCUT2D eigenvalue weighted by Crippen LogP contribution is 2.38. The van der Waals surface area contributed by atoms with E-state index in [0.29, 0.717) is 5.69 Å². The molecular weight excluding hydrogens is 418 g/mol. The van der Waals surface area contributed by atoms with Crippen molar-refractivity contribution >= 4 is 34.8 Å².